The molecule has 0 saturated carbocycles. The molecule has 0 bridgehead atoms. The van der Waals surface area contributed by atoms with Gasteiger partial charge in [-0.2, -0.15) is 0 Å². The van der Waals surface area contributed by atoms with Crippen LogP contribution in [0.2, 0.25) is 0 Å². The van der Waals surface area contributed by atoms with Crippen molar-refractivity contribution in [1.82, 2.24) is 9.55 Å². The second kappa shape index (κ2) is 5.02. The topological polar surface area (TPSA) is 27.1 Å². The van der Waals surface area contributed by atoms with Gasteiger partial charge in [-0.3, -0.25) is 0 Å². The maximum absolute atomic E-state index is 5.88. The molecule has 2 aromatic rings. The Morgan fingerprint density at radius 1 is 1.39 bits per heavy atom. The van der Waals surface area contributed by atoms with Crippen molar-refractivity contribution in [2.75, 3.05) is 6.61 Å². The number of imidazole rings is 1. The molecule has 1 aromatic carbocycles. The van der Waals surface area contributed by atoms with Crippen molar-refractivity contribution < 1.29 is 4.74 Å². The van der Waals surface area contributed by atoms with Crippen molar-refractivity contribution in [3.05, 3.63) is 48.0 Å². The van der Waals surface area contributed by atoms with Crippen molar-refractivity contribution in [2.45, 2.75) is 24.8 Å². The van der Waals surface area contributed by atoms with Gasteiger partial charge in [0.1, 0.15) is 11.6 Å². The van der Waals surface area contributed by atoms with Gasteiger partial charge < -0.3 is 9.30 Å². The summed E-state index contributed by atoms with van der Waals surface area (Å²) in [5.41, 5.74) is 1.29. The molecule has 18 heavy (non-hydrogen) atoms. The van der Waals surface area contributed by atoms with Crippen molar-refractivity contribution in [3.8, 4) is 5.75 Å². The van der Waals surface area contributed by atoms with Crippen LogP contribution in [0.25, 0.3) is 0 Å². The van der Waals surface area contributed by atoms with Gasteiger partial charge in [0.15, 0.2) is 0 Å². The van der Waals surface area contributed by atoms with Crippen LogP contribution in [0.5, 0.6) is 5.75 Å². The summed E-state index contributed by atoms with van der Waals surface area (Å²) in [5, 5.41) is 0. The van der Waals surface area contributed by atoms with Crippen LogP contribution in [0, 0.1) is 0 Å². The number of benzene rings is 1. The average molecular weight is 263 g/mol. The Balaban J connectivity index is 1.86. The van der Waals surface area contributed by atoms with E-state index in [2.05, 4.69) is 21.7 Å². The second-order valence-electron chi connectivity index (χ2n) is 4.50. The van der Waals surface area contributed by atoms with Gasteiger partial charge in [-0.05, 0) is 18.1 Å². The van der Waals surface area contributed by atoms with Crippen LogP contribution in [0.4, 0.5) is 0 Å². The highest BCUT2D eigenvalue weighted by Crippen LogP contribution is 2.34. The fourth-order valence-electron chi connectivity index (χ4n) is 2.48. The minimum absolute atomic E-state index is 0.456. The molecule has 1 aliphatic heterocycles. The third-order valence-electron chi connectivity index (χ3n) is 3.42. The third-order valence-corrected chi connectivity index (χ3v) is 3.66. The first-order valence-electron chi connectivity index (χ1n) is 6.16. The van der Waals surface area contributed by atoms with Gasteiger partial charge in [-0.15, -0.1) is 11.6 Å². The summed E-state index contributed by atoms with van der Waals surface area (Å²) >= 11 is 5.88. The highest BCUT2D eigenvalue weighted by molar-refractivity contribution is 6.16. The van der Waals surface area contributed by atoms with Crippen LogP contribution in [-0.4, -0.2) is 16.2 Å². The van der Waals surface area contributed by atoms with Crippen LogP contribution in [0.15, 0.2) is 36.7 Å². The molecule has 0 amide bonds. The molecule has 1 atom stereocenters. The van der Waals surface area contributed by atoms with Crippen LogP contribution in [0.3, 0.4) is 0 Å². The lowest BCUT2D eigenvalue weighted by molar-refractivity contribution is 0.258. The molecule has 3 rings (SSSR count). The van der Waals surface area contributed by atoms with Gasteiger partial charge in [0.05, 0.1) is 12.5 Å². The SMILES string of the molecule is ClCc1nccn1CC1CCOc2ccccc21. The minimum atomic E-state index is 0.456. The number of halogens is 1. The van der Waals surface area contributed by atoms with E-state index in [0.717, 1.165) is 31.1 Å². The zero-order valence-corrected chi connectivity index (χ0v) is 10.8. The summed E-state index contributed by atoms with van der Waals surface area (Å²) in [5.74, 6) is 2.88. The predicted octanol–water partition coefficient (Wildman–Crippen LogP) is 3.19. The van der Waals surface area contributed by atoms with Crippen LogP contribution < -0.4 is 4.74 Å². The molecule has 1 aromatic heterocycles. The summed E-state index contributed by atoms with van der Waals surface area (Å²) in [6, 6.07) is 8.27. The molecular weight excluding hydrogens is 248 g/mol. The first kappa shape index (κ1) is 11.6. The summed E-state index contributed by atoms with van der Waals surface area (Å²) in [6.07, 6.45) is 4.84. The minimum Gasteiger partial charge on any atom is -0.493 e. The van der Waals surface area contributed by atoms with E-state index in [0.29, 0.717) is 11.8 Å². The molecular formula is C14H15ClN2O. The lowest BCUT2D eigenvalue weighted by Gasteiger charge is -2.26. The number of rotatable bonds is 3. The van der Waals surface area contributed by atoms with E-state index in [9.17, 15) is 0 Å². The summed E-state index contributed by atoms with van der Waals surface area (Å²) in [7, 11) is 0. The number of fused-ring (bicyclic) bond motifs is 1. The number of nitrogens with zero attached hydrogens (tertiary/aromatic N) is 2. The molecule has 0 saturated heterocycles. The Hall–Kier alpha value is -1.48. The molecule has 1 unspecified atom stereocenters. The van der Waals surface area contributed by atoms with Crippen LogP contribution in [0.1, 0.15) is 23.7 Å². The summed E-state index contributed by atoms with van der Waals surface area (Å²) in [4.78, 5) is 4.26. The first-order chi connectivity index (χ1) is 8.88. The molecule has 0 spiro atoms. The summed E-state index contributed by atoms with van der Waals surface area (Å²) in [6.45, 7) is 1.70. The Kier molecular flexibility index (Phi) is 3.24. The van der Waals surface area contributed by atoms with E-state index < -0.39 is 0 Å². The maximum atomic E-state index is 5.88. The lowest BCUT2D eigenvalue weighted by Crippen LogP contribution is -2.19. The fraction of sp³-hybridized carbons (Fsp3) is 0.357. The van der Waals surface area contributed by atoms with E-state index in [4.69, 9.17) is 16.3 Å². The second-order valence-corrected chi connectivity index (χ2v) is 4.77. The van der Waals surface area contributed by atoms with Gasteiger partial charge >= 0.3 is 0 Å². The molecule has 0 radical (unpaired) electrons. The lowest BCUT2D eigenvalue weighted by atomic mass is 9.93. The van der Waals surface area contributed by atoms with Gasteiger partial charge in [0.25, 0.3) is 0 Å². The van der Waals surface area contributed by atoms with Crippen molar-refractivity contribution in [3.63, 3.8) is 0 Å². The zero-order chi connectivity index (χ0) is 12.4. The number of ether oxygens (including phenoxy) is 1. The largest absolute Gasteiger partial charge is 0.493 e. The summed E-state index contributed by atoms with van der Waals surface area (Å²) < 4.78 is 7.82. The van der Waals surface area contributed by atoms with Crippen molar-refractivity contribution in [1.29, 1.82) is 0 Å². The van der Waals surface area contributed by atoms with E-state index in [-0.39, 0.29) is 0 Å². The standard InChI is InChI=1S/C14H15ClN2O/c15-9-14-16-6-7-17(14)10-11-5-8-18-13-4-2-1-3-12(11)13/h1-4,6-7,11H,5,8-10H2. The number of alkyl halides is 1. The quantitative estimate of drug-likeness (QED) is 0.795. The number of hydrogen-bond acceptors (Lipinski definition) is 2. The molecule has 1 aliphatic rings. The highest BCUT2D eigenvalue weighted by atomic mass is 35.5. The van der Waals surface area contributed by atoms with Crippen molar-refractivity contribution in [2.24, 2.45) is 0 Å². The van der Waals surface area contributed by atoms with E-state index >= 15 is 0 Å². The van der Waals surface area contributed by atoms with Gasteiger partial charge in [0, 0.05) is 24.9 Å². The smallest absolute Gasteiger partial charge is 0.123 e. The molecule has 3 nitrogen and oxygen atoms in total. The molecule has 4 heteroatoms. The van der Waals surface area contributed by atoms with Gasteiger partial charge in [-0.25, -0.2) is 4.98 Å². The normalized spacial score (nSPS) is 18.2. The van der Waals surface area contributed by atoms with Gasteiger partial charge in [-0.1, -0.05) is 18.2 Å². The first-order valence-corrected chi connectivity index (χ1v) is 6.69. The Labute approximate surface area is 111 Å². The maximum Gasteiger partial charge on any atom is 0.123 e. The van der Waals surface area contributed by atoms with Gasteiger partial charge in [0.2, 0.25) is 0 Å². The molecule has 0 N–H and O–H groups in total. The third kappa shape index (κ3) is 2.10. The highest BCUT2D eigenvalue weighted by Gasteiger charge is 2.21. The number of hydrogen-bond donors (Lipinski definition) is 0. The Morgan fingerprint density at radius 3 is 3.17 bits per heavy atom. The zero-order valence-electron chi connectivity index (χ0n) is 10.1. The molecule has 0 fully saturated rings. The Bertz CT molecular complexity index is 538. The molecule has 94 valence electrons. The van der Waals surface area contributed by atoms with E-state index in [1.54, 1.807) is 0 Å². The predicted molar refractivity (Wildman–Crippen MR) is 71.1 cm³/mol. The monoisotopic (exact) mass is 262 g/mol. The number of aromatic nitrogens is 2. The van der Waals surface area contributed by atoms with Crippen LogP contribution in [-0.2, 0) is 12.4 Å². The van der Waals surface area contributed by atoms with E-state index in [1.807, 2.05) is 24.5 Å². The van der Waals surface area contributed by atoms with Crippen molar-refractivity contribution >= 4 is 11.6 Å². The number of para-hydroxylation sites is 1. The fourth-order valence-corrected chi connectivity index (χ4v) is 2.70. The van der Waals surface area contributed by atoms with Crippen LogP contribution >= 0.6 is 11.6 Å². The van der Waals surface area contributed by atoms with E-state index in [1.165, 1.54) is 5.56 Å². The average Bonchev–Trinajstić information content (AvgIpc) is 2.86. The molecule has 0 aliphatic carbocycles. The Morgan fingerprint density at radius 2 is 2.28 bits per heavy atom. The molecule has 2 heterocycles.